The lowest BCUT2D eigenvalue weighted by Gasteiger charge is -2.16. The molecule has 1 aromatic rings. The van der Waals surface area contributed by atoms with Crippen LogP contribution in [0.25, 0.3) is 0 Å². The van der Waals surface area contributed by atoms with Crippen LogP contribution in [-0.2, 0) is 9.84 Å². The highest BCUT2D eigenvalue weighted by atomic mass is 32.2. The molecule has 0 aliphatic carbocycles. The van der Waals surface area contributed by atoms with Crippen molar-refractivity contribution in [2.45, 2.75) is 31.2 Å². The summed E-state index contributed by atoms with van der Waals surface area (Å²) in [6.07, 6.45) is 0.673. The normalized spacial score (nSPS) is 14.8. The van der Waals surface area contributed by atoms with E-state index in [1.165, 1.54) is 0 Å². The van der Waals surface area contributed by atoms with Crippen molar-refractivity contribution < 1.29 is 8.42 Å². The number of sulfone groups is 1. The molecule has 0 heterocycles. The van der Waals surface area contributed by atoms with Crippen LogP contribution in [0.5, 0.6) is 0 Å². The number of nitrogens with zero attached hydrogens (tertiary/aromatic N) is 1. The van der Waals surface area contributed by atoms with Crippen molar-refractivity contribution in [3.05, 3.63) is 29.8 Å². The summed E-state index contributed by atoms with van der Waals surface area (Å²) in [5.74, 6) is -0.174. The van der Waals surface area contributed by atoms with E-state index >= 15 is 0 Å². The van der Waals surface area contributed by atoms with Crippen LogP contribution in [0.1, 0.15) is 31.9 Å². The second kappa shape index (κ2) is 5.98. The third-order valence-electron chi connectivity index (χ3n) is 3.04. The molecule has 0 amide bonds. The molecular weight excluding hydrogens is 248 g/mol. The number of nitriles is 1. The van der Waals surface area contributed by atoms with Crippen LogP contribution in [0.4, 0.5) is 0 Å². The molecule has 5 heteroatoms. The minimum Gasteiger partial charge on any atom is -0.323 e. The van der Waals surface area contributed by atoms with Gasteiger partial charge in [-0.2, -0.15) is 5.26 Å². The van der Waals surface area contributed by atoms with Gasteiger partial charge in [0.15, 0.2) is 9.84 Å². The van der Waals surface area contributed by atoms with Gasteiger partial charge in [-0.1, -0.05) is 26.0 Å². The lowest BCUT2D eigenvalue weighted by molar-refractivity contribution is 0.517. The van der Waals surface area contributed by atoms with Gasteiger partial charge in [-0.3, -0.25) is 0 Å². The molecule has 2 unspecified atom stereocenters. The maximum atomic E-state index is 11.6. The number of hydrogen-bond acceptors (Lipinski definition) is 4. The lowest BCUT2D eigenvalue weighted by atomic mass is 9.93. The van der Waals surface area contributed by atoms with Crippen LogP contribution in [0.2, 0.25) is 0 Å². The smallest absolute Gasteiger partial charge is 0.178 e. The van der Waals surface area contributed by atoms with Crippen molar-refractivity contribution in [2.24, 2.45) is 11.7 Å². The topological polar surface area (TPSA) is 83.9 Å². The minimum atomic E-state index is -3.18. The predicted molar refractivity (Wildman–Crippen MR) is 70.5 cm³/mol. The van der Waals surface area contributed by atoms with E-state index in [9.17, 15) is 8.42 Å². The fourth-order valence-corrected chi connectivity index (χ4v) is 2.61. The summed E-state index contributed by atoms with van der Waals surface area (Å²) < 4.78 is 23.3. The standard InChI is InChI=1S/C13H18N2O2S/c1-3-10(9-14)13(15)11-5-7-12(8-6-11)18(16,17)4-2/h5-8,10,13H,3-4,15H2,1-2H3. The molecular formula is C13H18N2O2S. The Morgan fingerprint density at radius 3 is 2.22 bits per heavy atom. The Kier molecular flexibility index (Phi) is 4.88. The van der Waals surface area contributed by atoms with Crippen LogP contribution in [-0.4, -0.2) is 14.2 Å². The van der Waals surface area contributed by atoms with Gasteiger partial charge in [0.1, 0.15) is 0 Å². The van der Waals surface area contributed by atoms with Gasteiger partial charge < -0.3 is 5.73 Å². The van der Waals surface area contributed by atoms with E-state index in [1.54, 1.807) is 31.2 Å². The van der Waals surface area contributed by atoms with Crippen LogP contribution in [0.3, 0.4) is 0 Å². The summed E-state index contributed by atoms with van der Waals surface area (Å²) in [4.78, 5) is 0.297. The van der Waals surface area contributed by atoms with Gasteiger partial charge in [0.2, 0.25) is 0 Å². The SMILES string of the molecule is CCC(C#N)C(N)c1ccc(S(=O)(=O)CC)cc1. The van der Waals surface area contributed by atoms with Crippen LogP contribution in [0, 0.1) is 17.2 Å². The van der Waals surface area contributed by atoms with Crippen LogP contribution in [0.15, 0.2) is 29.2 Å². The van der Waals surface area contributed by atoms with Gasteiger partial charge in [0.05, 0.1) is 22.6 Å². The van der Waals surface area contributed by atoms with Crippen molar-refractivity contribution in [2.75, 3.05) is 5.75 Å². The Morgan fingerprint density at radius 1 is 1.28 bits per heavy atom. The summed E-state index contributed by atoms with van der Waals surface area (Å²) in [6, 6.07) is 8.27. The first-order valence-corrected chi connectivity index (χ1v) is 7.59. The van der Waals surface area contributed by atoms with Gasteiger partial charge >= 0.3 is 0 Å². The second-order valence-electron chi connectivity index (χ2n) is 4.14. The van der Waals surface area contributed by atoms with Crippen molar-refractivity contribution in [1.29, 1.82) is 5.26 Å². The number of benzene rings is 1. The third kappa shape index (κ3) is 3.09. The molecule has 0 bridgehead atoms. The molecule has 0 spiro atoms. The molecule has 1 aromatic carbocycles. The summed E-state index contributed by atoms with van der Waals surface area (Å²) in [5, 5.41) is 8.95. The highest BCUT2D eigenvalue weighted by molar-refractivity contribution is 7.91. The van der Waals surface area contributed by atoms with Gasteiger partial charge in [-0.25, -0.2) is 8.42 Å². The summed E-state index contributed by atoms with van der Waals surface area (Å²) in [6.45, 7) is 3.52. The summed E-state index contributed by atoms with van der Waals surface area (Å²) in [7, 11) is -3.18. The number of hydrogen-bond donors (Lipinski definition) is 1. The molecule has 2 atom stereocenters. The van der Waals surface area contributed by atoms with Crippen molar-refractivity contribution in [3.8, 4) is 6.07 Å². The average molecular weight is 266 g/mol. The highest BCUT2D eigenvalue weighted by Crippen LogP contribution is 2.23. The molecule has 4 nitrogen and oxygen atoms in total. The zero-order valence-electron chi connectivity index (χ0n) is 10.6. The molecule has 0 fully saturated rings. The molecule has 1 rings (SSSR count). The Bertz CT molecular complexity index is 529. The van der Waals surface area contributed by atoms with E-state index in [0.29, 0.717) is 11.3 Å². The van der Waals surface area contributed by atoms with Gasteiger partial charge in [-0.05, 0) is 24.1 Å². The van der Waals surface area contributed by atoms with Crippen LogP contribution >= 0.6 is 0 Å². The van der Waals surface area contributed by atoms with Crippen molar-refractivity contribution in [1.82, 2.24) is 0 Å². The van der Waals surface area contributed by atoms with E-state index in [-0.39, 0.29) is 17.7 Å². The van der Waals surface area contributed by atoms with Crippen LogP contribution < -0.4 is 5.73 Å². The highest BCUT2D eigenvalue weighted by Gasteiger charge is 2.18. The molecule has 0 saturated heterocycles. The van der Waals surface area contributed by atoms with Gasteiger partial charge in [0.25, 0.3) is 0 Å². The first kappa shape index (κ1) is 14.7. The van der Waals surface area contributed by atoms with Gasteiger partial charge in [0, 0.05) is 6.04 Å². The number of nitrogens with two attached hydrogens (primary N) is 1. The fourth-order valence-electron chi connectivity index (χ4n) is 1.72. The molecule has 0 radical (unpaired) electrons. The lowest BCUT2D eigenvalue weighted by Crippen LogP contribution is -2.19. The van der Waals surface area contributed by atoms with Crippen molar-refractivity contribution in [3.63, 3.8) is 0 Å². The van der Waals surface area contributed by atoms with E-state index in [1.807, 2.05) is 6.92 Å². The summed E-state index contributed by atoms with van der Waals surface area (Å²) in [5.41, 5.74) is 6.77. The molecule has 2 N–H and O–H groups in total. The molecule has 0 saturated carbocycles. The monoisotopic (exact) mass is 266 g/mol. The van der Waals surface area contributed by atoms with E-state index in [4.69, 9.17) is 11.0 Å². The van der Waals surface area contributed by atoms with Gasteiger partial charge in [-0.15, -0.1) is 0 Å². The molecule has 98 valence electrons. The Balaban J connectivity index is 3.01. The molecule has 0 aliphatic heterocycles. The molecule has 18 heavy (non-hydrogen) atoms. The third-order valence-corrected chi connectivity index (χ3v) is 4.79. The van der Waals surface area contributed by atoms with E-state index in [0.717, 1.165) is 5.56 Å². The zero-order chi connectivity index (χ0) is 13.8. The first-order valence-electron chi connectivity index (χ1n) is 5.94. The Morgan fingerprint density at radius 2 is 1.83 bits per heavy atom. The molecule has 0 aromatic heterocycles. The van der Waals surface area contributed by atoms with Crippen molar-refractivity contribution >= 4 is 9.84 Å². The first-order chi connectivity index (χ1) is 8.46. The van der Waals surface area contributed by atoms with E-state index in [2.05, 4.69) is 6.07 Å². The van der Waals surface area contributed by atoms with E-state index < -0.39 is 9.84 Å². The minimum absolute atomic E-state index is 0.0776. The molecule has 0 aliphatic rings. The second-order valence-corrected chi connectivity index (χ2v) is 6.42. The maximum absolute atomic E-state index is 11.6. The Hall–Kier alpha value is -1.38. The summed E-state index contributed by atoms with van der Waals surface area (Å²) >= 11 is 0. The fraction of sp³-hybridized carbons (Fsp3) is 0.462. The average Bonchev–Trinajstić information content (AvgIpc) is 2.40. The maximum Gasteiger partial charge on any atom is 0.178 e. The zero-order valence-corrected chi connectivity index (χ0v) is 11.4. The predicted octanol–water partition coefficient (Wildman–Crippen LogP) is 2.03. The quantitative estimate of drug-likeness (QED) is 0.883. The largest absolute Gasteiger partial charge is 0.323 e. The Labute approximate surface area is 108 Å². The number of rotatable bonds is 5.